The van der Waals surface area contributed by atoms with Crippen LogP contribution < -0.4 is 0 Å². The first-order chi connectivity index (χ1) is 6.61. The lowest BCUT2D eigenvalue weighted by Crippen LogP contribution is -2.08. The van der Waals surface area contributed by atoms with Crippen LogP contribution >= 0.6 is 11.8 Å². The second-order valence-electron chi connectivity index (χ2n) is 2.43. The van der Waals surface area contributed by atoms with Crippen LogP contribution in [0.3, 0.4) is 0 Å². The molecule has 76 valence electrons. The van der Waals surface area contributed by atoms with E-state index in [9.17, 15) is 13.6 Å². The molecule has 0 spiro atoms. The van der Waals surface area contributed by atoms with Gasteiger partial charge in [0.05, 0.1) is 7.11 Å². The predicted octanol–water partition coefficient (Wildman–Crippen LogP) is 2.47. The van der Waals surface area contributed by atoms with E-state index >= 15 is 0 Å². The molecule has 0 aromatic heterocycles. The fraction of sp³-hybridized carbons (Fsp3) is 0.222. The molecule has 0 fully saturated rings. The third-order valence-corrected chi connectivity index (χ3v) is 2.45. The van der Waals surface area contributed by atoms with Gasteiger partial charge < -0.3 is 4.74 Å². The van der Waals surface area contributed by atoms with Crippen LogP contribution in [0, 0.1) is 11.6 Å². The number of carbonyl (C=O) groups excluding carboxylic acids is 1. The zero-order chi connectivity index (χ0) is 10.7. The molecule has 0 unspecified atom stereocenters. The summed E-state index contributed by atoms with van der Waals surface area (Å²) >= 11 is 1.15. The molecule has 2 nitrogen and oxygen atoms in total. The van der Waals surface area contributed by atoms with Crippen molar-refractivity contribution in [1.82, 2.24) is 0 Å². The topological polar surface area (TPSA) is 26.3 Å². The zero-order valence-electron chi connectivity index (χ0n) is 7.64. The Morgan fingerprint density at radius 3 is 2.57 bits per heavy atom. The SMILES string of the molecule is COC(=O)c1c(SC)ccc(F)c1F. The highest BCUT2D eigenvalue weighted by molar-refractivity contribution is 7.98. The number of halogens is 2. The number of thioether (sulfide) groups is 1. The molecule has 0 heterocycles. The van der Waals surface area contributed by atoms with Gasteiger partial charge in [-0.05, 0) is 18.4 Å². The van der Waals surface area contributed by atoms with Gasteiger partial charge >= 0.3 is 5.97 Å². The standard InChI is InChI=1S/C9H8F2O2S/c1-13-9(12)7-6(14-2)4-3-5(10)8(7)11/h3-4H,1-2H3. The molecule has 0 aliphatic carbocycles. The van der Waals surface area contributed by atoms with E-state index in [0.717, 1.165) is 24.9 Å². The van der Waals surface area contributed by atoms with E-state index in [0.29, 0.717) is 4.90 Å². The van der Waals surface area contributed by atoms with Gasteiger partial charge in [-0.15, -0.1) is 11.8 Å². The molecule has 1 aromatic carbocycles. The Labute approximate surface area is 84.3 Å². The van der Waals surface area contributed by atoms with Gasteiger partial charge in [-0.3, -0.25) is 0 Å². The minimum atomic E-state index is -1.16. The normalized spacial score (nSPS) is 10.0. The first kappa shape index (κ1) is 11.0. The summed E-state index contributed by atoms with van der Waals surface area (Å²) in [6, 6.07) is 2.32. The van der Waals surface area contributed by atoms with E-state index in [1.807, 2.05) is 0 Å². The second kappa shape index (κ2) is 4.41. The van der Waals surface area contributed by atoms with Crippen molar-refractivity contribution in [3.8, 4) is 0 Å². The highest BCUT2D eigenvalue weighted by Gasteiger charge is 2.20. The minimum Gasteiger partial charge on any atom is -0.465 e. The molecule has 0 aliphatic heterocycles. The lowest BCUT2D eigenvalue weighted by molar-refractivity contribution is 0.0590. The van der Waals surface area contributed by atoms with Crippen molar-refractivity contribution in [2.75, 3.05) is 13.4 Å². The Kier molecular flexibility index (Phi) is 3.46. The van der Waals surface area contributed by atoms with Gasteiger partial charge in [0.2, 0.25) is 0 Å². The summed E-state index contributed by atoms with van der Waals surface area (Å²) in [5.41, 5.74) is -0.347. The summed E-state index contributed by atoms with van der Waals surface area (Å²) in [5.74, 6) is -3.08. The Balaban J connectivity index is 3.35. The first-order valence-corrected chi connectivity index (χ1v) is 4.94. The molecule has 1 rings (SSSR count). The van der Waals surface area contributed by atoms with Gasteiger partial charge in [0.25, 0.3) is 0 Å². The quantitative estimate of drug-likeness (QED) is 0.563. The summed E-state index contributed by atoms with van der Waals surface area (Å²) in [4.78, 5) is 11.5. The van der Waals surface area contributed by atoms with Crippen LogP contribution in [0.15, 0.2) is 17.0 Å². The first-order valence-electron chi connectivity index (χ1n) is 3.72. The minimum absolute atomic E-state index is 0.347. The maximum atomic E-state index is 13.2. The van der Waals surface area contributed by atoms with Crippen molar-refractivity contribution in [3.63, 3.8) is 0 Å². The number of carbonyl (C=O) groups is 1. The van der Waals surface area contributed by atoms with Gasteiger partial charge in [0, 0.05) is 4.90 Å². The third kappa shape index (κ3) is 1.87. The largest absolute Gasteiger partial charge is 0.465 e. The van der Waals surface area contributed by atoms with Crippen molar-refractivity contribution in [1.29, 1.82) is 0 Å². The van der Waals surface area contributed by atoms with Crippen molar-refractivity contribution < 1.29 is 18.3 Å². The number of esters is 1. The number of methoxy groups -OCH3 is 1. The zero-order valence-corrected chi connectivity index (χ0v) is 8.45. The Morgan fingerprint density at radius 1 is 1.43 bits per heavy atom. The van der Waals surface area contributed by atoms with Crippen molar-refractivity contribution in [2.24, 2.45) is 0 Å². The average molecular weight is 218 g/mol. The molecule has 5 heteroatoms. The number of benzene rings is 1. The van der Waals surface area contributed by atoms with Crippen LogP contribution in [0.1, 0.15) is 10.4 Å². The van der Waals surface area contributed by atoms with Gasteiger partial charge in [-0.25, -0.2) is 13.6 Å². The van der Waals surface area contributed by atoms with Crippen LogP contribution in [0.25, 0.3) is 0 Å². The Bertz CT molecular complexity index is 366. The van der Waals surface area contributed by atoms with E-state index in [-0.39, 0.29) is 5.56 Å². The number of ether oxygens (including phenoxy) is 1. The fourth-order valence-corrected chi connectivity index (χ4v) is 1.58. The van der Waals surface area contributed by atoms with Crippen molar-refractivity contribution in [2.45, 2.75) is 4.90 Å². The van der Waals surface area contributed by atoms with Gasteiger partial charge in [-0.2, -0.15) is 0 Å². The summed E-state index contributed by atoms with van der Waals surface area (Å²) in [7, 11) is 1.12. The molecule has 0 aliphatic rings. The lowest BCUT2D eigenvalue weighted by atomic mass is 10.2. The fourth-order valence-electron chi connectivity index (χ4n) is 0.995. The highest BCUT2D eigenvalue weighted by atomic mass is 32.2. The van der Waals surface area contributed by atoms with Gasteiger partial charge in [0.15, 0.2) is 11.6 Å². The second-order valence-corrected chi connectivity index (χ2v) is 3.28. The van der Waals surface area contributed by atoms with E-state index in [4.69, 9.17) is 0 Å². The summed E-state index contributed by atoms with van der Waals surface area (Å²) in [6.07, 6.45) is 1.67. The van der Waals surface area contributed by atoms with E-state index < -0.39 is 17.6 Å². The maximum Gasteiger partial charge on any atom is 0.342 e. The Morgan fingerprint density at radius 2 is 2.07 bits per heavy atom. The smallest absolute Gasteiger partial charge is 0.342 e. The van der Waals surface area contributed by atoms with Crippen LogP contribution in [0.2, 0.25) is 0 Å². The molecule has 0 radical (unpaired) electrons. The third-order valence-electron chi connectivity index (χ3n) is 1.67. The molecule has 0 amide bonds. The molecular formula is C9H8F2O2S. The Hall–Kier alpha value is -1.10. The molecule has 0 N–H and O–H groups in total. The highest BCUT2D eigenvalue weighted by Crippen LogP contribution is 2.25. The van der Waals surface area contributed by atoms with Crippen LogP contribution in [0.5, 0.6) is 0 Å². The number of rotatable bonds is 2. The summed E-state index contributed by atoms with van der Waals surface area (Å²) < 4.78 is 30.4. The molecule has 14 heavy (non-hydrogen) atoms. The molecule has 0 saturated carbocycles. The van der Waals surface area contributed by atoms with Crippen molar-refractivity contribution in [3.05, 3.63) is 29.3 Å². The summed E-state index contributed by atoms with van der Waals surface area (Å²) in [5, 5.41) is 0. The van der Waals surface area contributed by atoms with Gasteiger partial charge in [0.1, 0.15) is 5.56 Å². The lowest BCUT2D eigenvalue weighted by Gasteiger charge is -2.06. The molecule has 0 atom stereocenters. The van der Waals surface area contributed by atoms with E-state index in [1.54, 1.807) is 6.26 Å². The maximum absolute atomic E-state index is 13.2. The van der Waals surface area contributed by atoms with E-state index in [1.165, 1.54) is 6.07 Å². The van der Waals surface area contributed by atoms with Crippen LogP contribution in [-0.4, -0.2) is 19.3 Å². The van der Waals surface area contributed by atoms with Crippen LogP contribution in [0.4, 0.5) is 8.78 Å². The number of hydrogen-bond donors (Lipinski definition) is 0. The molecule has 0 bridgehead atoms. The molecular weight excluding hydrogens is 210 g/mol. The van der Waals surface area contributed by atoms with Crippen LogP contribution in [-0.2, 0) is 4.74 Å². The average Bonchev–Trinajstić information content (AvgIpc) is 2.20. The van der Waals surface area contributed by atoms with E-state index in [2.05, 4.69) is 4.74 Å². The molecule has 1 aromatic rings. The van der Waals surface area contributed by atoms with Crippen molar-refractivity contribution >= 4 is 17.7 Å². The molecule has 0 saturated heterocycles. The number of hydrogen-bond acceptors (Lipinski definition) is 3. The predicted molar refractivity (Wildman–Crippen MR) is 49.5 cm³/mol. The summed E-state index contributed by atoms with van der Waals surface area (Å²) in [6.45, 7) is 0. The monoisotopic (exact) mass is 218 g/mol. The van der Waals surface area contributed by atoms with Gasteiger partial charge in [-0.1, -0.05) is 0 Å².